The van der Waals surface area contributed by atoms with Gasteiger partial charge in [-0.05, 0) is 42.5 Å². The van der Waals surface area contributed by atoms with Gasteiger partial charge in [0.15, 0.2) is 5.82 Å². The summed E-state index contributed by atoms with van der Waals surface area (Å²) in [7, 11) is 0. The predicted molar refractivity (Wildman–Crippen MR) is 101 cm³/mol. The molecule has 2 heterocycles. The second-order valence-electron chi connectivity index (χ2n) is 6.51. The van der Waals surface area contributed by atoms with Crippen LogP contribution in [0.15, 0.2) is 48.5 Å². The van der Waals surface area contributed by atoms with Crippen LogP contribution in [0.4, 0.5) is 14.6 Å². The zero-order chi connectivity index (χ0) is 19.8. The number of hydrogen-bond acceptors (Lipinski definition) is 4. The summed E-state index contributed by atoms with van der Waals surface area (Å²) < 4.78 is 27.2. The smallest absolute Gasteiger partial charge is 0.310 e. The maximum Gasteiger partial charge on any atom is 0.310 e. The molecule has 8 heteroatoms. The third-order valence-corrected chi connectivity index (χ3v) is 4.89. The van der Waals surface area contributed by atoms with E-state index in [-0.39, 0.29) is 16.7 Å². The average Bonchev–Trinajstić information content (AvgIpc) is 2.63. The Kier molecular flexibility index (Phi) is 4.68. The fourth-order valence-electron chi connectivity index (χ4n) is 2.95. The summed E-state index contributed by atoms with van der Waals surface area (Å²) in [5, 5.41) is 9.09. The van der Waals surface area contributed by atoms with E-state index < -0.39 is 17.7 Å². The molecule has 0 bridgehead atoms. The highest BCUT2D eigenvalue weighted by Crippen LogP contribution is 2.31. The van der Waals surface area contributed by atoms with Crippen LogP contribution in [0.2, 0.25) is 5.02 Å². The number of carboxylic acids is 1. The van der Waals surface area contributed by atoms with E-state index in [1.54, 1.807) is 24.3 Å². The summed E-state index contributed by atoms with van der Waals surface area (Å²) in [5.74, 6) is -1.48. The molecule has 5 nitrogen and oxygen atoms in total. The molecule has 0 aliphatic carbocycles. The third kappa shape index (κ3) is 3.53. The first-order valence-corrected chi connectivity index (χ1v) is 8.87. The first kappa shape index (κ1) is 18.3. The lowest BCUT2D eigenvalue weighted by Gasteiger charge is -2.37. The minimum atomic E-state index is -0.857. The number of nitrogens with zero attached hydrogens (tertiary/aromatic N) is 3. The van der Waals surface area contributed by atoms with Gasteiger partial charge >= 0.3 is 5.97 Å². The van der Waals surface area contributed by atoms with Crippen molar-refractivity contribution in [1.82, 2.24) is 9.97 Å². The van der Waals surface area contributed by atoms with E-state index in [4.69, 9.17) is 16.7 Å². The van der Waals surface area contributed by atoms with Crippen molar-refractivity contribution < 1.29 is 18.7 Å². The summed E-state index contributed by atoms with van der Waals surface area (Å²) in [6.45, 7) is 0.646. The van der Waals surface area contributed by atoms with E-state index in [2.05, 4.69) is 9.97 Å². The summed E-state index contributed by atoms with van der Waals surface area (Å²) in [5.41, 5.74) is 1.62. The highest BCUT2D eigenvalue weighted by Gasteiger charge is 2.33. The number of anilines is 1. The fraction of sp³-hybridized carbons (Fsp3) is 0.150. The molecule has 1 saturated heterocycles. The van der Waals surface area contributed by atoms with Crippen LogP contribution in [-0.4, -0.2) is 34.1 Å². The molecule has 0 atom stereocenters. The Balaban J connectivity index is 1.77. The number of hydrogen-bond donors (Lipinski definition) is 1. The monoisotopic (exact) mass is 401 g/mol. The summed E-state index contributed by atoms with van der Waals surface area (Å²) in [6, 6.07) is 11.8. The lowest BCUT2D eigenvalue weighted by atomic mass is 10.0. The van der Waals surface area contributed by atoms with Gasteiger partial charge in [-0.15, -0.1) is 0 Å². The van der Waals surface area contributed by atoms with Gasteiger partial charge in [-0.3, -0.25) is 4.79 Å². The zero-order valence-electron chi connectivity index (χ0n) is 14.4. The van der Waals surface area contributed by atoms with Crippen molar-refractivity contribution in [1.29, 1.82) is 0 Å². The standard InChI is InChI=1S/C20H14ClF2N3O2/c21-15-6-3-12(7-16(15)23)19-24-17(11-1-4-14(22)5-2-11)8-18(25-19)26-9-13(10-26)20(27)28/h1-8,13H,9-10H2,(H,27,28). The molecule has 1 aromatic heterocycles. The first-order valence-electron chi connectivity index (χ1n) is 8.49. The number of benzene rings is 2. The minimum Gasteiger partial charge on any atom is -0.481 e. The van der Waals surface area contributed by atoms with E-state index in [0.717, 1.165) is 0 Å². The van der Waals surface area contributed by atoms with Crippen molar-refractivity contribution in [2.45, 2.75) is 0 Å². The van der Waals surface area contributed by atoms with Crippen LogP contribution in [0.1, 0.15) is 0 Å². The highest BCUT2D eigenvalue weighted by molar-refractivity contribution is 6.30. The number of rotatable bonds is 4. The van der Waals surface area contributed by atoms with Gasteiger partial charge in [-0.25, -0.2) is 18.7 Å². The van der Waals surface area contributed by atoms with Crippen molar-refractivity contribution in [3.8, 4) is 22.6 Å². The number of halogens is 3. The van der Waals surface area contributed by atoms with Crippen LogP contribution >= 0.6 is 11.6 Å². The van der Waals surface area contributed by atoms with E-state index in [0.29, 0.717) is 35.7 Å². The minimum absolute atomic E-state index is 0.00861. The Morgan fingerprint density at radius 3 is 2.36 bits per heavy atom. The van der Waals surface area contributed by atoms with Crippen LogP contribution in [0.25, 0.3) is 22.6 Å². The molecule has 1 N–H and O–H groups in total. The SMILES string of the molecule is O=C(O)C1CN(c2cc(-c3ccc(F)cc3)nc(-c3ccc(Cl)c(F)c3)n2)C1. The van der Waals surface area contributed by atoms with E-state index in [1.165, 1.54) is 24.3 Å². The molecular weight excluding hydrogens is 388 g/mol. The van der Waals surface area contributed by atoms with Gasteiger partial charge in [0.2, 0.25) is 0 Å². The molecule has 2 aromatic carbocycles. The van der Waals surface area contributed by atoms with E-state index in [1.807, 2.05) is 4.90 Å². The Hall–Kier alpha value is -3.06. The van der Waals surface area contributed by atoms with Gasteiger partial charge in [-0.2, -0.15) is 0 Å². The molecule has 4 rings (SSSR count). The normalized spacial score (nSPS) is 14.0. The third-order valence-electron chi connectivity index (χ3n) is 4.59. The maximum absolute atomic E-state index is 13.9. The van der Waals surface area contributed by atoms with Gasteiger partial charge < -0.3 is 10.0 Å². The van der Waals surface area contributed by atoms with Gasteiger partial charge in [0.05, 0.1) is 16.6 Å². The van der Waals surface area contributed by atoms with E-state index in [9.17, 15) is 13.6 Å². The molecular formula is C20H14ClF2N3O2. The molecule has 28 heavy (non-hydrogen) atoms. The van der Waals surface area contributed by atoms with Crippen LogP contribution in [0, 0.1) is 17.6 Å². The largest absolute Gasteiger partial charge is 0.481 e. The number of carbonyl (C=O) groups is 1. The molecule has 1 aliphatic heterocycles. The summed E-state index contributed by atoms with van der Waals surface area (Å²) >= 11 is 5.75. The molecule has 0 amide bonds. The number of aromatic nitrogens is 2. The van der Waals surface area contributed by atoms with Crippen molar-refractivity contribution >= 4 is 23.4 Å². The van der Waals surface area contributed by atoms with Crippen LogP contribution in [0.3, 0.4) is 0 Å². The second kappa shape index (κ2) is 7.16. The highest BCUT2D eigenvalue weighted by atomic mass is 35.5. The molecule has 1 fully saturated rings. The molecule has 1 aliphatic rings. The van der Waals surface area contributed by atoms with Gasteiger partial charge in [0.1, 0.15) is 17.5 Å². The van der Waals surface area contributed by atoms with Crippen molar-refractivity contribution in [2.24, 2.45) is 5.92 Å². The molecule has 0 radical (unpaired) electrons. The quantitative estimate of drug-likeness (QED) is 0.707. The van der Waals surface area contributed by atoms with Gasteiger partial charge in [0.25, 0.3) is 0 Å². The van der Waals surface area contributed by atoms with Crippen molar-refractivity contribution in [3.63, 3.8) is 0 Å². The fourth-order valence-corrected chi connectivity index (χ4v) is 3.07. The van der Waals surface area contributed by atoms with Gasteiger partial charge in [0, 0.05) is 30.3 Å². The Bertz CT molecular complexity index is 1050. The first-order chi connectivity index (χ1) is 13.4. The van der Waals surface area contributed by atoms with E-state index >= 15 is 0 Å². The summed E-state index contributed by atoms with van der Waals surface area (Å²) in [4.78, 5) is 21.9. The molecule has 0 saturated carbocycles. The number of carboxylic acid groups (broad SMARTS) is 1. The Morgan fingerprint density at radius 1 is 1.04 bits per heavy atom. The van der Waals surface area contributed by atoms with Crippen LogP contribution < -0.4 is 4.90 Å². The van der Waals surface area contributed by atoms with Crippen molar-refractivity contribution in [2.75, 3.05) is 18.0 Å². The Morgan fingerprint density at radius 2 is 1.71 bits per heavy atom. The maximum atomic E-state index is 13.9. The van der Waals surface area contributed by atoms with Crippen LogP contribution in [-0.2, 0) is 4.79 Å². The molecule has 142 valence electrons. The van der Waals surface area contributed by atoms with Crippen molar-refractivity contribution in [3.05, 3.63) is 65.2 Å². The topological polar surface area (TPSA) is 66.3 Å². The van der Waals surface area contributed by atoms with Gasteiger partial charge in [-0.1, -0.05) is 11.6 Å². The molecule has 3 aromatic rings. The summed E-state index contributed by atoms with van der Waals surface area (Å²) in [6.07, 6.45) is 0. The number of aliphatic carboxylic acids is 1. The predicted octanol–water partition coefficient (Wildman–Crippen LogP) is 4.26. The molecule has 0 spiro atoms. The second-order valence-corrected chi connectivity index (χ2v) is 6.92. The lowest BCUT2D eigenvalue weighted by molar-refractivity contribution is -0.142. The van der Waals surface area contributed by atoms with Crippen LogP contribution in [0.5, 0.6) is 0 Å². The lowest BCUT2D eigenvalue weighted by Crippen LogP contribution is -2.50. The average molecular weight is 402 g/mol. The Labute approximate surface area is 164 Å². The zero-order valence-corrected chi connectivity index (χ0v) is 15.2. The molecule has 0 unspecified atom stereocenters.